The van der Waals surface area contributed by atoms with E-state index in [2.05, 4.69) is 43.5 Å². The van der Waals surface area contributed by atoms with E-state index in [0.717, 1.165) is 23.5 Å². The number of rotatable bonds is 5. The molecular formula is C19H22N2O. The van der Waals surface area contributed by atoms with Crippen molar-refractivity contribution in [1.29, 1.82) is 0 Å². The summed E-state index contributed by atoms with van der Waals surface area (Å²) in [7, 11) is 0. The minimum atomic E-state index is -0.0443. The van der Waals surface area contributed by atoms with E-state index in [1.54, 1.807) is 0 Å². The molecule has 0 amide bonds. The van der Waals surface area contributed by atoms with Crippen LogP contribution in [0.15, 0.2) is 54.6 Å². The smallest absolute Gasteiger partial charge is 0.156 e. The van der Waals surface area contributed by atoms with Crippen molar-refractivity contribution in [3.63, 3.8) is 0 Å². The fourth-order valence-corrected chi connectivity index (χ4v) is 2.81. The molecule has 1 unspecified atom stereocenters. The topological polar surface area (TPSA) is 27.1 Å². The monoisotopic (exact) mass is 294 g/mol. The Balaban J connectivity index is 2.04. The first-order valence-electron chi connectivity index (χ1n) is 7.89. The van der Waals surface area contributed by atoms with E-state index in [1.165, 1.54) is 5.52 Å². The van der Waals surface area contributed by atoms with E-state index in [9.17, 15) is 0 Å². The molecule has 0 aliphatic carbocycles. The van der Waals surface area contributed by atoms with E-state index in [4.69, 9.17) is 9.72 Å². The molecule has 0 saturated heterocycles. The molecular weight excluding hydrogens is 272 g/mol. The van der Waals surface area contributed by atoms with Gasteiger partial charge in [0.25, 0.3) is 0 Å². The van der Waals surface area contributed by atoms with Crippen molar-refractivity contribution in [1.82, 2.24) is 9.55 Å². The van der Waals surface area contributed by atoms with Crippen LogP contribution in [0.3, 0.4) is 0 Å². The van der Waals surface area contributed by atoms with E-state index in [1.807, 2.05) is 36.4 Å². The van der Waals surface area contributed by atoms with Crippen LogP contribution in [0.1, 0.15) is 45.2 Å². The lowest BCUT2D eigenvalue weighted by Crippen LogP contribution is -2.15. The zero-order chi connectivity index (χ0) is 15.5. The second-order valence-corrected chi connectivity index (χ2v) is 5.75. The highest BCUT2D eigenvalue weighted by Crippen LogP contribution is 2.29. The molecule has 0 spiro atoms. The lowest BCUT2D eigenvalue weighted by Gasteiger charge is -2.21. The van der Waals surface area contributed by atoms with Crippen molar-refractivity contribution < 1.29 is 4.74 Å². The molecule has 1 aromatic heterocycles. The summed E-state index contributed by atoms with van der Waals surface area (Å²) in [5.41, 5.74) is 2.20. The third-order valence-corrected chi connectivity index (χ3v) is 3.82. The number of hydrogen-bond donors (Lipinski definition) is 0. The average molecular weight is 294 g/mol. The average Bonchev–Trinajstić information content (AvgIpc) is 2.93. The van der Waals surface area contributed by atoms with Gasteiger partial charge in [0, 0.05) is 6.04 Å². The van der Waals surface area contributed by atoms with Gasteiger partial charge >= 0.3 is 0 Å². The van der Waals surface area contributed by atoms with Gasteiger partial charge < -0.3 is 9.30 Å². The molecule has 3 heteroatoms. The highest BCUT2D eigenvalue weighted by atomic mass is 16.5. The largest absolute Gasteiger partial charge is 0.483 e. The standard InChI is InChI=1S/C19H22N2O/c1-4-18(22-15-10-6-5-7-11-15)19-20-16-12-8-9-13-17(16)21(19)14(2)3/h5-14,18H,4H2,1-3H3. The van der Waals surface area contributed by atoms with Gasteiger partial charge in [-0.2, -0.15) is 0 Å². The number of hydrogen-bond acceptors (Lipinski definition) is 2. The van der Waals surface area contributed by atoms with Crippen LogP contribution in [-0.2, 0) is 0 Å². The number of imidazole rings is 1. The number of fused-ring (bicyclic) bond motifs is 1. The summed E-state index contributed by atoms with van der Waals surface area (Å²) in [5, 5.41) is 0. The van der Waals surface area contributed by atoms with Gasteiger partial charge in [0.1, 0.15) is 5.75 Å². The minimum Gasteiger partial charge on any atom is -0.483 e. The first-order valence-corrected chi connectivity index (χ1v) is 7.89. The predicted molar refractivity (Wildman–Crippen MR) is 90.2 cm³/mol. The van der Waals surface area contributed by atoms with Gasteiger partial charge in [0.15, 0.2) is 11.9 Å². The zero-order valence-corrected chi connectivity index (χ0v) is 13.4. The number of aromatic nitrogens is 2. The van der Waals surface area contributed by atoms with Gasteiger partial charge in [-0.3, -0.25) is 0 Å². The molecule has 114 valence electrons. The maximum absolute atomic E-state index is 6.19. The minimum absolute atomic E-state index is 0.0443. The number of nitrogens with zero attached hydrogens (tertiary/aromatic N) is 2. The maximum Gasteiger partial charge on any atom is 0.156 e. The summed E-state index contributed by atoms with van der Waals surface area (Å²) in [5.74, 6) is 1.89. The molecule has 22 heavy (non-hydrogen) atoms. The van der Waals surface area contributed by atoms with Crippen molar-refractivity contribution in [2.75, 3.05) is 0 Å². The van der Waals surface area contributed by atoms with Crippen molar-refractivity contribution in [3.05, 3.63) is 60.4 Å². The summed E-state index contributed by atoms with van der Waals surface area (Å²) in [6.45, 7) is 6.51. The highest BCUT2D eigenvalue weighted by molar-refractivity contribution is 5.76. The van der Waals surface area contributed by atoms with Crippen LogP contribution < -0.4 is 4.74 Å². The van der Waals surface area contributed by atoms with Gasteiger partial charge in [-0.1, -0.05) is 37.3 Å². The summed E-state index contributed by atoms with van der Waals surface area (Å²) in [6, 6.07) is 18.6. The van der Waals surface area contributed by atoms with Crippen LogP contribution in [0.4, 0.5) is 0 Å². The van der Waals surface area contributed by atoms with Gasteiger partial charge in [-0.15, -0.1) is 0 Å². The first-order chi connectivity index (χ1) is 10.7. The van der Waals surface area contributed by atoms with Gasteiger partial charge in [0.2, 0.25) is 0 Å². The molecule has 3 rings (SSSR count). The summed E-state index contributed by atoms with van der Waals surface area (Å²) in [6.07, 6.45) is 0.836. The van der Waals surface area contributed by atoms with Crippen LogP contribution in [-0.4, -0.2) is 9.55 Å². The Bertz CT molecular complexity index is 746. The molecule has 0 saturated carbocycles. The Morgan fingerprint density at radius 3 is 2.36 bits per heavy atom. The van der Waals surface area contributed by atoms with Crippen LogP contribution in [0.5, 0.6) is 5.75 Å². The molecule has 0 radical (unpaired) electrons. The maximum atomic E-state index is 6.19. The zero-order valence-electron chi connectivity index (χ0n) is 13.4. The lowest BCUT2D eigenvalue weighted by atomic mass is 10.2. The highest BCUT2D eigenvalue weighted by Gasteiger charge is 2.21. The lowest BCUT2D eigenvalue weighted by molar-refractivity contribution is 0.185. The van der Waals surface area contributed by atoms with Crippen molar-refractivity contribution in [2.45, 2.75) is 39.3 Å². The van der Waals surface area contributed by atoms with E-state index in [0.29, 0.717) is 6.04 Å². The Labute approximate surface area is 131 Å². The Hall–Kier alpha value is -2.29. The van der Waals surface area contributed by atoms with Crippen LogP contribution in [0.25, 0.3) is 11.0 Å². The molecule has 0 fully saturated rings. The second-order valence-electron chi connectivity index (χ2n) is 5.75. The normalized spacial score (nSPS) is 12.7. The molecule has 0 N–H and O–H groups in total. The van der Waals surface area contributed by atoms with Gasteiger partial charge in [-0.25, -0.2) is 4.98 Å². The third-order valence-electron chi connectivity index (χ3n) is 3.82. The van der Waals surface area contributed by atoms with Gasteiger partial charge in [0.05, 0.1) is 11.0 Å². The second kappa shape index (κ2) is 6.22. The molecule has 3 nitrogen and oxygen atoms in total. The summed E-state index contributed by atoms with van der Waals surface area (Å²) >= 11 is 0. The molecule has 0 bridgehead atoms. The van der Waals surface area contributed by atoms with Crippen LogP contribution >= 0.6 is 0 Å². The van der Waals surface area contributed by atoms with Crippen molar-refractivity contribution in [3.8, 4) is 5.75 Å². The van der Waals surface area contributed by atoms with Crippen molar-refractivity contribution >= 4 is 11.0 Å². The Morgan fingerprint density at radius 2 is 1.68 bits per heavy atom. The predicted octanol–water partition coefficient (Wildman–Crippen LogP) is 5.15. The Morgan fingerprint density at radius 1 is 1.00 bits per heavy atom. The first kappa shape index (κ1) is 14.6. The van der Waals surface area contributed by atoms with Crippen molar-refractivity contribution in [2.24, 2.45) is 0 Å². The molecule has 1 atom stereocenters. The molecule has 1 heterocycles. The SMILES string of the molecule is CCC(Oc1ccccc1)c1nc2ccccc2n1C(C)C. The summed E-state index contributed by atoms with van der Waals surface area (Å²) in [4.78, 5) is 4.84. The summed E-state index contributed by atoms with van der Waals surface area (Å²) < 4.78 is 8.47. The number of para-hydroxylation sites is 3. The van der Waals surface area contributed by atoms with E-state index in [-0.39, 0.29) is 6.10 Å². The molecule has 3 aromatic rings. The van der Waals surface area contributed by atoms with E-state index >= 15 is 0 Å². The Kier molecular flexibility index (Phi) is 4.14. The van der Waals surface area contributed by atoms with Gasteiger partial charge in [-0.05, 0) is 44.5 Å². The molecule has 2 aromatic carbocycles. The van der Waals surface area contributed by atoms with Crippen LogP contribution in [0.2, 0.25) is 0 Å². The fraction of sp³-hybridized carbons (Fsp3) is 0.316. The molecule has 0 aliphatic rings. The fourth-order valence-electron chi connectivity index (χ4n) is 2.81. The quantitative estimate of drug-likeness (QED) is 0.651. The molecule has 0 aliphatic heterocycles. The third kappa shape index (κ3) is 2.71. The number of ether oxygens (including phenoxy) is 1. The number of benzene rings is 2. The van der Waals surface area contributed by atoms with E-state index < -0.39 is 0 Å². The van der Waals surface area contributed by atoms with Crippen LogP contribution in [0, 0.1) is 0 Å².